The molecule has 0 spiro atoms. The summed E-state index contributed by atoms with van der Waals surface area (Å²) in [5, 5.41) is 0. The molecule has 1 aliphatic rings. The van der Waals surface area contributed by atoms with Gasteiger partial charge in [0.25, 0.3) is 0 Å². The normalized spacial score (nSPS) is 17.3. The quantitative estimate of drug-likeness (QED) is 0.461. The summed E-state index contributed by atoms with van der Waals surface area (Å²) in [6, 6.07) is 3.85. The molecule has 1 amide bonds. The fourth-order valence-corrected chi connectivity index (χ4v) is 3.30. The molecular weight excluding hydrogens is 353 g/mol. The van der Waals surface area contributed by atoms with Gasteiger partial charge in [0.05, 0.1) is 32.1 Å². The lowest BCUT2D eigenvalue weighted by Crippen LogP contribution is -2.54. The minimum Gasteiger partial charge on any atom is -0.494 e. The number of likely N-dealkylation sites (tertiary alicyclic amines) is 1. The van der Waals surface area contributed by atoms with E-state index in [2.05, 4.69) is 0 Å². The Balaban J connectivity index is 2.12. The zero-order chi connectivity index (χ0) is 20.0. The van der Waals surface area contributed by atoms with Gasteiger partial charge in [0, 0.05) is 13.0 Å². The summed E-state index contributed by atoms with van der Waals surface area (Å²) in [5.74, 6) is -1.01. The van der Waals surface area contributed by atoms with E-state index in [0.717, 1.165) is 0 Å². The van der Waals surface area contributed by atoms with Crippen LogP contribution in [0.15, 0.2) is 18.2 Å². The molecule has 1 fully saturated rings. The van der Waals surface area contributed by atoms with Crippen LogP contribution in [0.5, 0.6) is 5.75 Å². The largest absolute Gasteiger partial charge is 0.494 e. The van der Waals surface area contributed by atoms with Crippen molar-refractivity contribution in [1.29, 1.82) is 0 Å². The lowest BCUT2D eigenvalue weighted by molar-refractivity contribution is -0.156. The number of β-lactam (4-membered cyclic amide) rings is 1. The molecule has 0 N–H and O–H groups in total. The van der Waals surface area contributed by atoms with Gasteiger partial charge in [-0.3, -0.25) is 9.59 Å². The molecule has 1 aliphatic heterocycles. The molecule has 2 rings (SSSR count). The lowest BCUT2D eigenvalue weighted by atomic mass is 9.88. The summed E-state index contributed by atoms with van der Waals surface area (Å²) in [6.45, 7) is 3.96. The summed E-state index contributed by atoms with van der Waals surface area (Å²) >= 11 is 0. The second-order valence-corrected chi connectivity index (χ2v) is 6.70. The number of Topliss-reactive ketones (excluding diaryl/α,β-unsaturated/α-hetero) is 1. The van der Waals surface area contributed by atoms with Crippen LogP contribution in [0.4, 0.5) is 4.39 Å². The molecule has 1 aromatic carbocycles. The van der Waals surface area contributed by atoms with Gasteiger partial charge in [-0.15, -0.1) is 0 Å². The SMILES string of the molecule is CCOC(=O)C[C@@H](c1ccc(OC)c(F)c1)N1CC(CCCC(C)=O)C1=O. The molecule has 1 aromatic rings. The van der Waals surface area contributed by atoms with Gasteiger partial charge in [0.2, 0.25) is 5.91 Å². The fourth-order valence-electron chi connectivity index (χ4n) is 3.30. The van der Waals surface area contributed by atoms with Crippen molar-refractivity contribution in [2.24, 2.45) is 5.92 Å². The summed E-state index contributed by atoms with van der Waals surface area (Å²) in [7, 11) is 1.37. The van der Waals surface area contributed by atoms with Crippen LogP contribution >= 0.6 is 0 Å². The predicted molar refractivity (Wildman–Crippen MR) is 96.7 cm³/mol. The van der Waals surface area contributed by atoms with E-state index in [1.54, 1.807) is 17.9 Å². The molecule has 0 saturated carbocycles. The maximum atomic E-state index is 14.1. The first-order chi connectivity index (χ1) is 12.9. The summed E-state index contributed by atoms with van der Waals surface area (Å²) in [6.07, 6.45) is 1.72. The minimum absolute atomic E-state index is 0.0362. The highest BCUT2D eigenvalue weighted by Crippen LogP contribution is 2.36. The lowest BCUT2D eigenvalue weighted by Gasteiger charge is -2.44. The van der Waals surface area contributed by atoms with Crippen LogP contribution < -0.4 is 4.74 Å². The Bertz CT molecular complexity index is 706. The zero-order valence-electron chi connectivity index (χ0n) is 16.0. The first kappa shape index (κ1) is 20.9. The van der Waals surface area contributed by atoms with Crippen molar-refractivity contribution < 1.29 is 28.2 Å². The standard InChI is InChI=1S/C20H26FNO5/c1-4-27-19(24)11-17(14-8-9-18(26-3)16(21)10-14)22-12-15(20(22)25)7-5-6-13(2)23/h8-10,15,17H,4-7,11-12H2,1-3H3/t15?,17-/m0/s1. The highest BCUT2D eigenvalue weighted by atomic mass is 19.1. The van der Waals surface area contributed by atoms with Crippen molar-refractivity contribution in [2.75, 3.05) is 20.3 Å². The van der Waals surface area contributed by atoms with Crippen molar-refractivity contribution in [3.63, 3.8) is 0 Å². The summed E-state index contributed by atoms with van der Waals surface area (Å²) in [5.41, 5.74) is 0.525. The number of methoxy groups -OCH3 is 1. The van der Waals surface area contributed by atoms with Crippen LogP contribution in [0.3, 0.4) is 0 Å². The van der Waals surface area contributed by atoms with Crippen LogP contribution in [-0.2, 0) is 19.1 Å². The van der Waals surface area contributed by atoms with Crippen LogP contribution in [-0.4, -0.2) is 42.8 Å². The van der Waals surface area contributed by atoms with Crippen LogP contribution in [0, 0.1) is 11.7 Å². The molecule has 7 heteroatoms. The third kappa shape index (κ3) is 5.28. The Morgan fingerprint density at radius 3 is 2.67 bits per heavy atom. The minimum atomic E-state index is -0.582. The number of carbonyl (C=O) groups is 3. The number of hydrogen-bond acceptors (Lipinski definition) is 5. The maximum absolute atomic E-state index is 14.1. The van der Waals surface area contributed by atoms with Gasteiger partial charge in [-0.1, -0.05) is 6.07 Å². The van der Waals surface area contributed by atoms with E-state index in [1.807, 2.05) is 0 Å². The molecule has 1 heterocycles. The van der Waals surface area contributed by atoms with E-state index in [0.29, 0.717) is 31.4 Å². The monoisotopic (exact) mass is 379 g/mol. The van der Waals surface area contributed by atoms with Crippen molar-refractivity contribution in [3.05, 3.63) is 29.6 Å². The van der Waals surface area contributed by atoms with Gasteiger partial charge in [-0.2, -0.15) is 0 Å². The molecule has 0 bridgehead atoms. The highest BCUT2D eigenvalue weighted by molar-refractivity contribution is 5.86. The number of nitrogens with zero attached hydrogens (tertiary/aromatic N) is 1. The van der Waals surface area contributed by atoms with Crippen LogP contribution in [0.2, 0.25) is 0 Å². The van der Waals surface area contributed by atoms with Gasteiger partial charge < -0.3 is 19.2 Å². The van der Waals surface area contributed by atoms with E-state index in [9.17, 15) is 18.8 Å². The smallest absolute Gasteiger partial charge is 0.308 e. The number of rotatable bonds is 10. The van der Waals surface area contributed by atoms with Gasteiger partial charge in [-0.25, -0.2) is 4.39 Å². The predicted octanol–water partition coefficient (Wildman–Crippen LogP) is 3.05. The molecule has 2 atom stereocenters. The van der Waals surface area contributed by atoms with Gasteiger partial charge in [0.15, 0.2) is 11.6 Å². The Hall–Kier alpha value is -2.44. The summed E-state index contributed by atoms with van der Waals surface area (Å²) in [4.78, 5) is 37.2. The summed E-state index contributed by atoms with van der Waals surface area (Å²) < 4.78 is 24.1. The van der Waals surface area contributed by atoms with E-state index >= 15 is 0 Å². The molecule has 1 saturated heterocycles. The van der Waals surface area contributed by atoms with Crippen molar-refractivity contribution in [1.82, 2.24) is 4.90 Å². The zero-order valence-corrected chi connectivity index (χ0v) is 16.0. The Morgan fingerprint density at radius 2 is 2.11 bits per heavy atom. The van der Waals surface area contributed by atoms with Gasteiger partial charge in [-0.05, 0) is 44.4 Å². The molecular formula is C20H26FNO5. The van der Waals surface area contributed by atoms with Gasteiger partial charge >= 0.3 is 5.97 Å². The van der Waals surface area contributed by atoms with E-state index in [-0.39, 0.29) is 36.4 Å². The molecule has 6 nitrogen and oxygen atoms in total. The molecule has 0 aromatic heterocycles. The van der Waals surface area contributed by atoms with Crippen molar-refractivity contribution >= 4 is 17.7 Å². The Labute approximate surface area is 158 Å². The number of esters is 1. The first-order valence-corrected chi connectivity index (χ1v) is 9.16. The number of halogens is 1. The third-order valence-corrected chi connectivity index (χ3v) is 4.73. The number of hydrogen-bond donors (Lipinski definition) is 0. The van der Waals surface area contributed by atoms with Crippen molar-refractivity contribution in [3.8, 4) is 5.75 Å². The van der Waals surface area contributed by atoms with Crippen LogP contribution in [0.25, 0.3) is 0 Å². The average Bonchev–Trinajstić information content (AvgIpc) is 2.62. The average molecular weight is 379 g/mol. The molecule has 1 unspecified atom stereocenters. The second kappa shape index (κ2) is 9.48. The number of ether oxygens (including phenoxy) is 2. The number of benzene rings is 1. The molecule has 148 valence electrons. The van der Waals surface area contributed by atoms with Crippen molar-refractivity contribution in [2.45, 2.75) is 45.6 Å². The Morgan fingerprint density at radius 1 is 1.37 bits per heavy atom. The fraction of sp³-hybridized carbons (Fsp3) is 0.550. The van der Waals surface area contributed by atoms with E-state index < -0.39 is 17.8 Å². The Kier molecular flexibility index (Phi) is 7.33. The van der Waals surface area contributed by atoms with Crippen LogP contribution in [0.1, 0.15) is 51.1 Å². The molecule has 0 aliphatic carbocycles. The number of amides is 1. The second-order valence-electron chi connectivity index (χ2n) is 6.70. The highest BCUT2D eigenvalue weighted by Gasteiger charge is 2.41. The number of carbonyl (C=O) groups excluding carboxylic acids is 3. The van der Waals surface area contributed by atoms with E-state index in [1.165, 1.54) is 26.2 Å². The topological polar surface area (TPSA) is 72.9 Å². The van der Waals surface area contributed by atoms with Gasteiger partial charge in [0.1, 0.15) is 5.78 Å². The third-order valence-electron chi connectivity index (χ3n) is 4.73. The number of ketones is 1. The molecule has 27 heavy (non-hydrogen) atoms. The van der Waals surface area contributed by atoms with E-state index in [4.69, 9.17) is 9.47 Å². The molecule has 0 radical (unpaired) electrons. The maximum Gasteiger partial charge on any atom is 0.308 e. The first-order valence-electron chi connectivity index (χ1n) is 9.16.